The van der Waals surface area contributed by atoms with Gasteiger partial charge in [-0.2, -0.15) is 0 Å². The normalized spacial score (nSPS) is 17.8. The summed E-state index contributed by atoms with van der Waals surface area (Å²) in [6.07, 6.45) is 1.14. The number of ketones is 1. The average molecular weight is 488 g/mol. The van der Waals surface area contributed by atoms with E-state index in [4.69, 9.17) is 21.1 Å². The molecule has 0 amide bonds. The van der Waals surface area contributed by atoms with Crippen molar-refractivity contribution in [2.45, 2.75) is 12.3 Å². The molecule has 0 saturated heterocycles. The molecule has 6 nitrogen and oxygen atoms in total. The van der Waals surface area contributed by atoms with E-state index in [1.165, 1.54) is 36.4 Å². The Labute approximate surface area is 202 Å². The standard InChI is InChI=1S/C27H15ClFNO5/c28-18-5-3-6-19(29)17(18)11-22-25(32)14-8-9-21-24(26(14)35-22)15(12-23(31)34-21)16-10-13-4-1-2-7-20(13)30-27(16)33/h1-11,15H,12H2,(H,30,33)/b22-11+. The number of allylic oxidation sites excluding steroid dienone is 1. The van der Waals surface area contributed by atoms with Gasteiger partial charge in [0.2, 0.25) is 5.78 Å². The van der Waals surface area contributed by atoms with E-state index in [1.54, 1.807) is 12.1 Å². The Balaban J connectivity index is 1.52. The van der Waals surface area contributed by atoms with Gasteiger partial charge in [0, 0.05) is 28.1 Å². The summed E-state index contributed by atoms with van der Waals surface area (Å²) in [5, 5.41) is 0.920. The van der Waals surface area contributed by atoms with Crippen molar-refractivity contribution in [2.75, 3.05) is 0 Å². The summed E-state index contributed by atoms with van der Waals surface area (Å²) in [5.74, 6) is -2.03. The van der Waals surface area contributed by atoms with E-state index in [2.05, 4.69) is 4.98 Å². The Hall–Kier alpha value is -4.23. The van der Waals surface area contributed by atoms with Gasteiger partial charge in [0.15, 0.2) is 5.76 Å². The summed E-state index contributed by atoms with van der Waals surface area (Å²) in [4.78, 5) is 41.4. The van der Waals surface area contributed by atoms with Crippen molar-refractivity contribution in [3.05, 3.63) is 110 Å². The van der Waals surface area contributed by atoms with Crippen molar-refractivity contribution < 1.29 is 23.5 Å². The Morgan fingerprint density at radius 2 is 1.83 bits per heavy atom. The third-order valence-corrected chi connectivity index (χ3v) is 6.54. The molecule has 35 heavy (non-hydrogen) atoms. The SMILES string of the molecule is O=C1CC(c2cc3ccccc3[nH]c2=O)c2c(ccc3c2O/C(=C/c2c(F)cccc2Cl)C3=O)O1. The van der Waals surface area contributed by atoms with Gasteiger partial charge in [0.25, 0.3) is 5.56 Å². The summed E-state index contributed by atoms with van der Waals surface area (Å²) in [6, 6.07) is 16.2. The molecule has 1 atom stereocenters. The van der Waals surface area contributed by atoms with Gasteiger partial charge in [-0.3, -0.25) is 14.4 Å². The highest BCUT2D eigenvalue weighted by Gasteiger charge is 2.39. The number of fused-ring (bicyclic) bond motifs is 4. The molecule has 8 heteroatoms. The van der Waals surface area contributed by atoms with Gasteiger partial charge in [-0.05, 0) is 47.9 Å². The molecule has 3 heterocycles. The third kappa shape index (κ3) is 3.43. The Morgan fingerprint density at radius 1 is 1.00 bits per heavy atom. The topological polar surface area (TPSA) is 85.5 Å². The molecule has 4 aromatic rings. The lowest BCUT2D eigenvalue weighted by atomic mass is 9.85. The predicted molar refractivity (Wildman–Crippen MR) is 127 cm³/mol. The maximum absolute atomic E-state index is 14.3. The second-order valence-electron chi connectivity index (χ2n) is 8.30. The van der Waals surface area contributed by atoms with E-state index >= 15 is 0 Å². The number of nitrogens with one attached hydrogen (secondary N) is 1. The molecular weight excluding hydrogens is 473 g/mol. The number of benzene rings is 3. The summed E-state index contributed by atoms with van der Waals surface area (Å²) in [7, 11) is 0. The van der Waals surface area contributed by atoms with Crippen LogP contribution < -0.4 is 15.0 Å². The van der Waals surface area contributed by atoms with Crippen molar-refractivity contribution in [1.82, 2.24) is 4.98 Å². The Bertz CT molecular complexity index is 1650. The number of ether oxygens (including phenoxy) is 2. The number of hydrogen-bond acceptors (Lipinski definition) is 5. The second kappa shape index (κ2) is 7.92. The number of esters is 1. The van der Waals surface area contributed by atoms with Crippen LogP contribution >= 0.6 is 11.6 Å². The molecule has 1 N–H and O–H groups in total. The van der Waals surface area contributed by atoms with Gasteiger partial charge in [0.05, 0.1) is 17.0 Å². The van der Waals surface area contributed by atoms with E-state index in [0.717, 1.165) is 5.39 Å². The summed E-state index contributed by atoms with van der Waals surface area (Å²) in [6.45, 7) is 0. The first-order valence-corrected chi connectivity index (χ1v) is 11.2. The van der Waals surface area contributed by atoms with Crippen molar-refractivity contribution in [2.24, 2.45) is 0 Å². The predicted octanol–water partition coefficient (Wildman–Crippen LogP) is 5.38. The molecule has 2 aliphatic heterocycles. The zero-order chi connectivity index (χ0) is 24.3. The minimum Gasteiger partial charge on any atom is -0.452 e. The first-order chi connectivity index (χ1) is 16.9. The van der Waals surface area contributed by atoms with Crippen molar-refractivity contribution in [1.29, 1.82) is 0 Å². The average Bonchev–Trinajstić information content (AvgIpc) is 3.15. The molecule has 0 aliphatic carbocycles. The molecule has 0 fully saturated rings. The van der Waals surface area contributed by atoms with Crippen molar-refractivity contribution >= 4 is 40.3 Å². The molecule has 0 spiro atoms. The van der Waals surface area contributed by atoms with E-state index in [0.29, 0.717) is 16.6 Å². The van der Waals surface area contributed by atoms with E-state index in [9.17, 15) is 18.8 Å². The smallest absolute Gasteiger partial charge is 0.312 e. The monoisotopic (exact) mass is 487 g/mol. The van der Waals surface area contributed by atoms with Crippen LogP contribution in [-0.4, -0.2) is 16.7 Å². The van der Waals surface area contributed by atoms with Gasteiger partial charge in [-0.1, -0.05) is 35.9 Å². The van der Waals surface area contributed by atoms with Crippen molar-refractivity contribution in [3.63, 3.8) is 0 Å². The molecular formula is C27H15ClFNO5. The highest BCUT2D eigenvalue weighted by Crippen LogP contribution is 2.48. The molecule has 0 saturated carbocycles. The third-order valence-electron chi connectivity index (χ3n) is 6.21. The lowest BCUT2D eigenvalue weighted by Gasteiger charge is -2.26. The molecule has 2 aliphatic rings. The van der Waals surface area contributed by atoms with Crippen LogP contribution in [0.1, 0.15) is 39.4 Å². The number of carbonyl (C=O) groups is 2. The largest absolute Gasteiger partial charge is 0.452 e. The fourth-order valence-corrected chi connectivity index (χ4v) is 4.79. The van der Waals surface area contributed by atoms with Crippen LogP contribution in [0.25, 0.3) is 17.0 Å². The van der Waals surface area contributed by atoms with Crippen LogP contribution in [0.15, 0.2) is 71.2 Å². The van der Waals surface area contributed by atoms with Gasteiger partial charge in [0.1, 0.15) is 17.3 Å². The van der Waals surface area contributed by atoms with Gasteiger partial charge < -0.3 is 14.5 Å². The molecule has 3 aromatic carbocycles. The number of para-hydroxylation sites is 1. The van der Waals surface area contributed by atoms with Gasteiger partial charge in [-0.25, -0.2) is 4.39 Å². The number of Topliss-reactive ketones (excluding diaryl/α,β-unsaturated/α-hetero) is 1. The van der Waals surface area contributed by atoms with Crippen LogP contribution in [0.5, 0.6) is 11.5 Å². The number of rotatable bonds is 2. The number of aromatic amines is 1. The minimum absolute atomic E-state index is 0.0214. The molecule has 172 valence electrons. The summed E-state index contributed by atoms with van der Waals surface area (Å²) in [5.41, 5.74) is 1.32. The van der Waals surface area contributed by atoms with Crippen molar-refractivity contribution in [3.8, 4) is 11.5 Å². The quantitative estimate of drug-likeness (QED) is 0.233. The maximum atomic E-state index is 14.3. The molecule has 0 radical (unpaired) electrons. The fourth-order valence-electron chi connectivity index (χ4n) is 4.57. The van der Waals surface area contributed by atoms with Crippen LogP contribution in [0.2, 0.25) is 5.02 Å². The van der Waals surface area contributed by atoms with Crippen LogP contribution in [-0.2, 0) is 4.79 Å². The minimum atomic E-state index is -0.709. The van der Waals surface area contributed by atoms with E-state index in [-0.39, 0.29) is 45.4 Å². The lowest BCUT2D eigenvalue weighted by molar-refractivity contribution is -0.135. The molecule has 0 bridgehead atoms. The van der Waals surface area contributed by atoms with Crippen LogP contribution in [0.3, 0.4) is 0 Å². The molecule has 6 rings (SSSR count). The molecule has 1 aromatic heterocycles. The lowest BCUT2D eigenvalue weighted by Crippen LogP contribution is -2.26. The first-order valence-electron chi connectivity index (χ1n) is 10.8. The number of carbonyl (C=O) groups excluding carboxylic acids is 2. The van der Waals surface area contributed by atoms with E-state index < -0.39 is 23.5 Å². The van der Waals surface area contributed by atoms with E-state index in [1.807, 2.05) is 18.2 Å². The highest BCUT2D eigenvalue weighted by atomic mass is 35.5. The van der Waals surface area contributed by atoms with Gasteiger partial charge in [-0.15, -0.1) is 0 Å². The highest BCUT2D eigenvalue weighted by molar-refractivity contribution is 6.32. The maximum Gasteiger partial charge on any atom is 0.312 e. The zero-order valence-corrected chi connectivity index (χ0v) is 18.7. The number of pyridine rings is 1. The number of H-pyrrole nitrogens is 1. The van der Waals surface area contributed by atoms with Crippen LogP contribution in [0, 0.1) is 5.82 Å². The summed E-state index contributed by atoms with van der Waals surface area (Å²) < 4.78 is 25.7. The Kier molecular flexibility index (Phi) is 4.82. The zero-order valence-electron chi connectivity index (χ0n) is 17.9. The Morgan fingerprint density at radius 3 is 2.66 bits per heavy atom. The second-order valence-corrected chi connectivity index (χ2v) is 8.71. The number of hydrogen-bond donors (Lipinski definition) is 1. The van der Waals surface area contributed by atoms with Crippen LogP contribution in [0.4, 0.5) is 4.39 Å². The van der Waals surface area contributed by atoms with Gasteiger partial charge >= 0.3 is 5.97 Å². The molecule has 1 unspecified atom stereocenters. The number of aromatic nitrogens is 1. The summed E-state index contributed by atoms with van der Waals surface area (Å²) >= 11 is 6.12. The fraction of sp³-hybridized carbons (Fsp3) is 0.0741. The number of halogens is 2. The first kappa shape index (κ1) is 21.3.